The number of amides is 1. The van der Waals surface area contributed by atoms with Crippen molar-refractivity contribution in [1.82, 2.24) is 0 Å². The lowest BCUT2D eigenvalue weighted by molar-refractivity contribution is 0.147. The van der Waals surface area contributed by atoms with Gasteiger partial charge in [0.2, 0.25) is 0 Å². The predicted octanol–water partition coefficient (Wildman–Crippen LogP) is 6.52. The third kappa shape index (κ3) is 5.55. The number of carbonyl (C=O) groups excluding carboxylic acids is 1. The minimum atomic E-state index is -0.625. The van der Waals surface area contributed by atoms with Gasteiger partial charge in [-0.1, -0.05) is 36.4 Å². The number of anilines is 1. The van der Waals surface area contributed by atoms with Crippen molar-refractivity contribution < 1.29 is 27.9 Å². The van der Waals surface area contributed by atoms with Gasteiger partial charge in [0.25, 0.3) is 0 Å². The van der Waals surface area contributed by atoms with Gasteiger partial charge in [0.15, 0.2) is 6.61 Å². The second-order valence-electron chi connectivity index (χ2n) is 8.32. The number of rotatable bonds is 4. The third-order valence-corrected chi connectivity index (χ3v) is 5.65. The molecule has 186 valence electrons. The summed E-state index contributed by atoms with van der Waals surface area (Å²) >= 11 is 0. The summed E-state index contributed by atoms with van der Waals surface area (Å²) in [4.78, 5) is 23.5. The molecule has 0 aliphatic carbocycles. The van der Waals surface area contributed by atoms with Crippen LogP contribution in [0.25, 0.3) is 32.9 Å². The van der Waals surface area contributed by atoms with Gasteiger partial charge in [0.05, 0.1) is 0 Å². The summed E-state index contributed by atoms with van der Waals surface area (Å²) in [5.41, 5.74) is 2.84. The maximum Gasteiger partial charge on any atom is 0.412 e. The van der Waals surface area contributed by atoms with Crippen LogP contribution in [0.5, 0.6) is 0 Å². The number of hydrogen-bond acceptors (Lipinski definition) is 7. The van der Waals surface area contributed by atoms with Crippen molar-refractivity contribution >= 4 is 44.7 Å². The van der Waals surface area contributed by atoms with Crippen molar-refractivity contribution in [3.63, 3.8) is 0 Å². The summed E-state index contributed by atoms with van der Waals surface area (Å²) in [5, 5.41) is 14.2. The average Bonchev–Trinajstić information content (AvgIpc) is 3.51. The quantitative estimate of drug-likeness (QED) is 0.266. The van der Waals surface area contributed by atoms with E-state index in [1.54, 1.807) is 18.2 Å². The first-order chi connectivity index (χ1) is 18.0. The highest BCUT2D eigenvalue weighted by Gasteiger charge is 2.09. The van der Waals surface area contributed by atoms with Crippen LogP contribution in [0, 0.1) is 6.92 Å². The fraction of sp³-hybridized carbons (Fsp3) is 0.103. The number of furan rings is 2. The van der Waals surface area contributed by atoms with Gasteiger partial charge >= 0.3 is 11.7 Å². The van der Waals surface area contributed by atoms with E-state index in [4.69, 9.17) is 23.1 Å². The number of ether oxygens (including phenoxy) is 1. The molecule has 0 bridgehead atoms. The average molecular weight is 498 g/mol. The Morgan fingerprint density at radius 2 is 1.46 bits per heavy atom. The van der Waals surface area contributed by atoms with Gasteiger partial charge < -0.3 is 23.1 Å². The molecule has 6 aromatic rings. The summed E-state index contributed by atoms with van der Waals surface area (Å²) in [6, 6.07) is 25.4. The molecule has 3 aromatic heterocycles. The van der Waals surface area contributed by atoms with Crippen LogP contribution >= 0.6 is 0 Å². The maximum atomic E-state index is 12.0. The summed E-state index contributed by atoms with van der Waals surface area (Å²) < 4.78 is 21.2. The lowest BCUT2D eigenvalue weighted by Gasteiger charge is -2.07. The zero-order valence-corrected chi connectivity index (χ0v) is 19.9. The SMILES string of the molecule is Cc1cc(=O)oc2cc(NC(=O)OCc3cc4ccccc4o3)ccc12.OCc1cc2ccccc2o1. The Labute approximate surface area is 210 Å². The molecule has 2 N–H and O–H groups in total. The molecule has 0 saturated heterocycles. The van der Waals surface area contributed by atoms with Gasteiger partial charge in [-0.05, 0) is 48.9 Å². The molecule has 3 aromatic carbocycles. The monoisotopic (exact) mass is 497 g/mol. The first-order valence-corrected chi connectivity index (χ1v) is 11.5. The molecule has 37 heavy (non-hydrogen) atoms. The lowest BCUT2D eigenvalue weighted by Crippen LogP contribution is -2.13. The van der Waals surface area contributed by atoms with Gasteiger partial charge in [-0.2, -0.15) is 0 Å². The molecule has 8 heteroatoms. The number of fused-ring (bicyclic) bond motifs is 3. The molecular formula is C29H23NO7. The first-order valence-electron chi connectivity index (χ1n) is 11.5. The number of hydrogen-bond donors (Lipinski definition) is 2. The Kier molecular flexibility index (Phi) is 6.74. The van der Waals surface area contributed by atoms with Gasteiger partial charge in [0, 0.05) is 34.0 Å². The first kappa shape index (κ1) is 23.9. The maximum absolute atomic E-state index is 12.0. The second kappa shape index (κ2) is 10.4. The number of aryl methyl sites for hydroxylation is 1. The molecule has 0 fully saturated rings. The molecule has 0 unspecified atom stereocenters. The van der Waals surface area contributed by atoms with Crippen molar-refractivity contribution in [2.75, 3.05) is 5.32 Å². The molecule has 0 radical (unpaired) electrons. The van der Waals surface area contributed by atoms with Crippen LogP contribution in [0.1, 0.15) is 17.1 Å². The minimum Gasteiger partial charge on any atom is -0.459 e. The molecule has 6 rings (SSSR count). The van der Waals surface area contributed by atoms with E-state index in [2.05, 4.69) is 5.32 Å². The van der Waals surface area contributed by atoms with Gasteiger partial charge in [-0.25, -0.2) is 9.59 Å². The van der Waals surface area contributed by atoms with E-state index in [0.29, 0.717) is 22.8 Å². The minimum absolute atomic E-state index is 0.0162. The van der Waals surface area contributed by atoms with E-state index in [9.17, 15) is 9.59 Å². The smallest absolute Gasteiger partial charge is 0.412 e. The van der Waals surface area contributed by atoms with E-state index in [1.807, 2.05) is 67.6 Å². The molecule has 0 spiro atoms. The lowest BCUT2D eigenvalue weighted by atomic mass is 10.1. The number of aliphatic hydroxyl groups excluding tert-OH is 1. The van der Waals surface area contributed by atoms with Crippen molar-refractivity contribution in [2.24, 2.45) is 0 Å². The van der Waals surface area contributed by atoms with Crippen molar-refractivity contribution in [2.45, 2.75) is 20.1 Å². The molecule has 0 aliphatic rings. The normalized spacial score (nSPS) is 10.9. The molecule has 1 amide bonds. The van der Waals surface area contributed by atoms with Gasteiger partial charge in [0.1, 0.15) is 34.9 Å². The van der Waals surface area contributed by atoms with Crippen LogP contribution < -0.4 is 10.9 Å². The van der Waals surface area contributed by atoms with E-state index < -0.39 is 11.7 Å². The Bertz CT molecular complexity index is 1690. The number of nitrogens with one attached hydrogen (secondary N) is 1. The molecular weight excluding hydrogens is 474 g/mol. The Morgan fingerprint density at radius 3 is 2.14 bits per heavy atom. The number of carbonyl (C=O) groups is 1. The summed E-state index contributed by atoms with van der Waals surface area (Å²) in [7, 11) is 0. The molecule has 0 atom stereocenters. The second-order valence-corrected chi connectivity index (χ2v) is 8.32. The van der Waals surface area contributed by atoms with E-state index in [0.717, 1.165) is 32.9 Å². The Balaban J connectivity index is 0.000000212. The highest BCUT2D eigenvalue weighted by Crippen LogP contribution is 2.22. The van der Waals surface area contributed by atoms with Crippen LogP contribution in [0.15, 0.2) is 103 Å². The predicted molar refractivity (Wildman–Crippen MR) is 139 cm³/mol. The van der Waals surface area contributed by atoms with E-state index in [1.165, 1.54) is 6.07 Å². The Hall–Kier alpha value is -4.82. The third-order valence-electron chi connectivity index (χ3n) is 5.65. The zero-order chi connectivity index (χ0) is 25.8. The highest BCUT2D eigenvalue weighted by atomic mass is 16.6. The summed E-state index contributed by atoms with van der Waals surface area (Å²) in [6.07, 6.45) is -0.625. The van der Waals surface area contributed by atoms with E-state index in [-0.39, 0.29) is 13.2 Å². The Morgan fingerprint density at radius 1 is 0.811 bits per heavy atom. The summed E-state index contributed by atoms with van der Waals surface area (Å²) in [5.74, 6) is 1.17. The largest absolute Gasteiger partial charge is 0.459 e. The number of benzene rings is 3. The fourth-order valence-electron chi connectivity index (χ4n) is 3.92. The van der Waals surface area contributed by atoms with Crippen molar-refractivity contribution in [1.29, 1.82) is 0 Å². The molecule has 0 saturated carbocycles. The van der Waals surface area contributed by atoms with Crippen molar-refractivity contribution in [3.05, 3.63) is 112 Å². The topological polar surface area (TPSA) is 115 Å². The van der Waals surface area contributed by atoms with Gasteiger partial charge in [-0.15, -0.1) is 0 Å². The van der Waals surface area contributed by atoms with Gasteiger partial charge in [-0.3, -0.25) is 5.32 Å². The zero-order valence-electron chi connectivity index (χ0n) is 19.9. The van der Waals surface area contributed by atoms with Crippen LogP contribution in [0.2, 0.25) is 0 Å². The van der Waals surface area contributed by atoms with Crippen LogP contribution in [-0.4, -0.2) is 11.2 Å². The standard InChI is InChI=1S/C20H15NO5.C9H8O2/c1-12-8-19(22)26-18-10-14(6-7-16(12)18)21-20(23)24-11-15-9-13-4-2-3-5-17(13)25-15;10-6-8-5-7-3-1-2-4-9(7)11-8/h2-10H,11H2,1H3,(H,21,23);1-5,10H,6H2. The van der Waals surface area contributed by atoms with Crippen LogP contribution in [-0.2, 0) is 18.0 Å². The fourth-order valence-corrected chi connectivity index (χ4v) is 3.92. The van der Waals surface area contributed by atoms with Crippen molar-refractivity contribution in [3.8, 4) is 0 Å². The van der Waals surface area contributed by atoms with Crippen LogP contribution in [0.4, 0.5) is 10.5 Å². The molecule has 3 heterocycles. The summed E-state index contributed by atoms with van der Waals surface area (Å²) in [6.45, 7) is 1.81. The number of para-hydroxylation sites is 2. The van der Waals surface area contributed by atoms with E-state index >= 15 is 0 Å². The molecule has 8 nitrogen and oxygen atoms in total. The highest BCUT2D eigenvalue weighted by molar-refractivity contribution is 5.90. The van der Waals surface area contributed by atoms with Crippen LogP contribution in [0.3, 0.4) is 0 Å². The number of aliphatic hydroxyl groups is 1. The molecule has 0 aliphatic heterocycles.